The Labute approximate surface area is 114 Å². The Hall–Kier alpha value is -2.51. The van der Waals surface area contributed by atoms with Gasteiger partial charge in [0.2, 0.25) is 15.9 Å². The summed E-state index contributed by atoms with van der Waals surface area (Å²) in [5, 5.41) is 17.2. The zero-order valence-electron chi connectivity index (χ0n) is 10.1. The maximum absolute atomic E-state index is 12.1. The molecule has 1 amide bonds. The van der Waals surface area contributed by atoms with Crippen molar-refractivity contribution in [2.75, 3.05) is 13.1 Å². The molecular formula is C10H10N4O5S. The van der Waals surface area contributed by atoms with Crippen LogP contribution in [0.3, 0.4) is 0 Å². The van der Waals surface area contributed by atoms with Gasteiger partial charge in [0.25, 0.3) is 0 Å². The number of amides is 1. The number of hydrogen-bond donors (Lipinski definition) is 2. The van der Waals surface area contributed by atoms with E-state index in [4.69, 9.17) is 16.1 Å². The molecule has 0 atom stereocenters. The Kier molecular flexibility index (Phi) is 4.73. The predicted octanol–water partition coefficient (Wildman–Crippen LogP) is -1.49. The van der Waals surface area contributed by atoms with Crippen molar-refractivity contribution in [3.8, 4) is 6.07 Å². The second-order valence-corrected chi connectivity index (χ2v) is 5.56. The number of primary amides is 1. The molecule has 1 heterocycles. The van der Waals surface area contributed by atoms with Gasteiger partial charge in [-0.15, -0.1) is 0 Å². The van der Waals surface area contributed by atoms with Gasteiger partial charge in [-0.25, -0.2) is 13.4 Å². The second kappa shape index (κ2) is 6.09. The third-order valence-corrected chi connectivity index (χ3v) is 3.91. The van der Waals surface area contributed by atoms with Crippen LogP contribution < -0.4 is 5.73 Å². The number of carboxylic acids is 1. The van der Waals surface area contributed by atoms with E-state index >= 15 is 0 Å². The fraction of sp³-hybridized carbons (Fsp3) is 0.200. The zero-order chi connectivity index (χ0) is 15.3. The van der Waals surface area contributed by atoms with Crippen LogP contribution in [0, 0.1) is 11.3 Å². The Morgan fingerprint density at radius 1 is 1.40 bits per heavy atom. The second-order valence-electron chi connectivity index (χ2n) is 3.62. The van der Waals surface area contributed by atoms with Crippen molar-refractivity contribution < 1.29 is 23.1 Å². The standard InChI is InChI=1S/C10H10N4O5S/c11-3-7-1-2-8(4-13-7)20(18,19)14(5-9(12)15)6-10(16)17/h1-2,4H,5-6H2,(H2,12,15)(H,16,17). The summed E-state index contributed by atoms with van der Waals surface area (Å²) in [5.41, 5.74) is 4.90. The topological polar surface area (TPSA) is 154 Å². The number of carboxylic acid groups (broad SMARTS) is 1. The van der Waals surface area contributed by atoms with Gasteiger partial charge in [-0.05, 0) is 12.1 Å². The quantitative estimate of drug-likeness (QED) is 0.648. The van der Waals surface area contributed by atoms with E-state index < -0.39 is 35.0 Å². The molecule has 0 spiro atoms. The molecule has 3 N–H and O–H groups in total. The number of aromatic nitrogens is 1. The highest BCUT2D eigenvalue weighted by Gasteiger charge is 2.28. The monoisotopic (exact) mass is 298 g/mol. The van der Waals surface area contributed by atoms with E-state index in [1.165, 1.54) is 0 Å². The number of hydrogen-bond acceptors (Lipinski definition) is 6. The molecule has 1 rings (SSSR count). The fourth-order valence-corrected chi connectivity index (χ4v) is 2.60. The van der Waals surface area contributed by atoms with E-state index in [0.29, 0.717) is 4.31 Å². The minimum Gasteiger partial charge on any atom is -0.480 e. The number of rotatable bonds is 6. The summed E-state index contributed by atoms with van der Waals surface area (Å²) in [6.45, 7) is -1.68. The van der Waals surface area contributed by atoms with Gasteiger partial charge >= 0.3 is 5.97 Å². The van der Waals surface area contributed by atoms with Gasteiger partial charge in [-0.1, -0.05) is 0 Å². The first-order valence-corrected chi connectivity index (χ1v) is 6.57. The van der Waals surface area contributed by atoms with E-state index in [0.717, 1.165) is 18.3 Å². The highest BCUT2D eigenvalue weighted by atomic mass is 32.2. The van der Waals surface area contributed by atoms with Crippen LogP contribution in [0.5, 0.6) is 0 Å². The lowest BCUT2D eigenvalue weighted by molar-refractivity contribution is -0.137. The SMILES string of the molecule is N#Cc1ccc(S(=O)(=O)N(CC(N)=O)CC(=O)O)cn1. The van der Waals surface area contributed by atoms with Gasteiger partial charge in [-0.2, -0.15) is 9.57 Å². The molecule has 0 bridgehead atoms. The van der Waals surface area contributed by atoms with E-state index in [2.05, 4.69) is 4.98 Å². The van der Waals surface area contributed by atoms with Crippen molar-refractivity contribution in [1.82, 2.24) is 9.29 Å². The molecule has 1 aromatic rings. The normalized spacial score (nSPS) is 11.0. The summed E-state index contributed by atoms with van der Waals surface area (Å²) >= 11 is 0. The Morgan fingerprint density at radius 2 is 2.05 bits per heavy atom. The molecule has 0 saturated carbocycles. The van der Waals surface area contributed by atoms with Gasteiger partial charge in [0.1, 0.15) is 23.2 Å². The van der Waals surface area contributed by atoms with Gasteiger partial charge in [0, 0.05) is 6.20 Å². The number of pyridine rings is 1. The molecule has 20 heavy (non-hydrogen) atoms. The molecule has 106 valence electrons. The third-order valence-electron chi connectivity index (χ3n) is 2.13. The number of nitriles is 1. The Morgan fingerprint density at radius 3 is 2.45 bits per heavy atom. The molecule has 0 aliphatic rings. The number of carbonyl (C=O) groups is 2. The Balaban J connectivity index is 3.17. The zero-order valence-corrected chi connectivity index (χ0v) is 10.9. The van der Waals surface area contributed by atoms with Crippen molar-refractivity contribution in [3.63, 3.8) is 0 Å². The lowest BCUT2D eigenvalue weighted by Gasteiger charge is -2.18. The predicted molar refractivity (Wildman–Crippen MR) is 64.5 cm³/mol. The highest BCUT2D eigenvalue weighted by Crippen LogP contribution is 2.14. The smallest absolute Gasteiger partial charge is 0.318 e. The first-order valence-electron chi connectivity index (χ1n) is 5.13. The first kappa shape index (κ1) is 15.5. The van der Waals surface area contributed by atoms with Crippen LogP contribution in [0.2, 0.25) is 0 Å². The van der Waals surface area contributed by atoms with E-state index in [9.17, 15) is 18.0 Å². The molecule has 0 aliphatic heterocycles. The summed E-state index contributed by atoms with van der Waals surface area (Å²) in [6, 6.07) is 3.97. The van der Waals surface area contributed by atoms with E-state index in [-0.39, 0.29) is 10.6 Å². The summed E-state index contributed by atoms with van der Waals surface area (Å²) < 4.78 is 24.7. The van der Waals surface area contributed by atoms with E-state index in [1.807, 2.05) is 0 Å². The lowest BCUT2D eigenvalue weighted by Crippen LogP contribution is -2.41. The van der Waals surface area contributed by atoms with Gasteiger partial charge < -0.3 is 10.8 Å². The largest absolute Gasteiger partial charge is 0.480 e. The minimum atomic E-state index is -4.24. The molecule has 0 aromatic carbocycles. The van der Waals surface area contributed by atoms with Crippen molar-refractivity contribution in [3.05, 3.63) is 24.0 Å². The summed E-state index contributed by atoms with van der Waals surface area (Å²) in [4.78, 5) is 24.7. The van der Waals surface area contributed by atoms with Gasteiger partial charge in [0.05, 0.1) is 6.54 Å². The molecule has 1 aromatic heterocycles. The van der Waals surface area contributed by atoms with Crippen molar-refractivity contribution >= 4 is 21.9 Å². The molecule has 0 fully saturated rings. The van der Waals surface area contributed by atoms with Gasteiger partial charge in [0.15, 0.2) is 0 Å². The first-order chi connectivity index (χ1) is 9.27. The van der Waals surface area contributed by atoms with Crippen LogP contribution in [-0.4, -0.2) is 47.8 Å². The van der Waals surface area contributed by atoms with Crippen molar-refractivity contribution in [2.24, 2.45) is 5.73 Å². The van der Waals surface area contributed by atoms with Gasteiger partial charge in [-0.3, -0.25) is 9.59 Å². The van der Waals surface area contributed by atoms with Crippen LogP contribution in [0.25, 0.3) is 0 Å². The minimum absolute atomic E-state index is 0.00337. The number of aliphatic carboxylic acids is 1. The van der Waals surface area contributed by atoms with Crippen LogP contribution in [0.4, 0.5) is 0 Å². The van der Waals surface area contributed by atoms with Crippen molar-refractivity contribution in [2.45, 2.75) is 4.90 Å². The molecule has 0 saturated heterocycles. The average molecular weight is 298 g/mol. The molecular weight excluding hydrogens is 288 g/mol. The Bertz CT molecular complexity index is 646. The molecule has 9 nitrogen and oxygen atoms in total. The molecule has 10 heteroatoms. The maximum Gasteiger partial charge on any atom is 0.318 e. The van der Waals surface area contributed by atoms with Crippen molar-refractivity contribution in [1.29, 1.82) is 5.26 Å². The van der Waals surface area contributed by atoms with Crippen LogP contribution in [0.15, 0.2) is 23.2 Å². The molecule has 0 aliphatic carbocycles. The summed E-state index contributed by atoms with van der Waals surface area (Å²) in [5.74, 6) is -2.42. The highest BCUT2D eigenvalue weighted by molar-refractivity contribution is 7.89. The number of carbonyl (C=O) groups excluding carboxylic acids is 1. The van der Waals surface area contributed by atoms with E-state index in [1.54, 1.807) is 6.07 Å². The summed E-state index contributed by atoms with van der Waals surface area (Å²) in [6.07, 6.45) is 0.906. The van der Waals surface area contributed by atoms with Crippen LogP contribution in [-0.2, 0) is 19.6 Å². The molecule has 0 radical (unpaired) electrons. The average Bonchev–Trinajstić information content (AvgIpc) is 2.37. The summed E-state index contributed by atoms with van der Waals surface area (Å²) in [7, 11) is -4.24. The van der Waals surface area contributed by atoms with Crippen LogP contribution >= 0.6 is 0 Å². The third kappa shape index (κ3) is 3.74. The maximum atomic E-state index is 12.1. The van der Waals surface area contributed by atoms with Crippen LogP contribution in [0.1, 0.15) is 5.69 Å². The number of sulfonamides is 1. The fourth-order valence-electron chi connectivity index (χ4n) is 1.30. The molecule has 0 unspecified atom stereocenters. The number of nitrogens with zero attached hydrogens (tertiary/aromatic N) is 3. The lowest BCUT2D eigenvalue weighted by atomic mass is 10.4. The number of nitrogens with two attached hydrogens (primary N) is 1.